The topological polar surface area (TPSA) is 75.3 Å². The van der Waals surface area contributed by atoms with Gasteiger partial charge in [0.2, 0.25) is 0 Å². The highest BCUT2D eigenvalue weighted by Gasteiger charge is 2.14. The van der Waals surface area contributed by atoms with E-state index in [1.165, 1.54) is 18.2 Å². The summed E-state index contributed by atoms with van der Waals surface area (Å²) in [7, 11) is 0. The van der Waals surface area contributed by atoms with E-state index in [0.717, 1.165) is 5.56 Å². The minimum absolute atomic E-state index is 0.0201. The molecule has 19 heavy (non-hydrogen) atoms. The molecule has 0 fully saturated rings. The second-order valence-corrected chi connectivity index (χ2v) is 4.38. The predicted octanol–water partition coefficient (Wildman–Crippen LogP) is 2.47. The highest BCUT2D eigenvalue weighted by molar-refractivity contribution is 5.99. The van der Waals surface area contributed by atoms with Crippen molar-refractivity contribution in [2.45, 2.75) is 13.0 Å². The van der Waals surface area contributed by atoms with Crippen molar-refractivity contribution in [3.8, 4) is 5.75 Å². The van der Waals surface area contributed by atoms with Crippen LogP contribution in [0.2, 0.25) is 0 Å². The van der Waals surface area contributed by atoms with Gasteiger partial charge in [0.1, 0.15) is 5.75 Å². The summed E-state index contributed by atoms with van der Waals surface area (Å²) in [5.41, 5.74) is 7.37. The standard InChI is InChI=1S/C15H16N2O2/c1-10(11-5-3-2-4-6-11)17-15(19)13-9-12(18)7-8-14(13)16/h2-10,18H,16H2,1H3,(H,17,19)/t10-/m0/s1. The van der Waals surface area contributed by atoms with Gasteiger partial charge in [-0.2, -0.15) is 0 Å². The molecule has 0 aliphatic rings. The number of anilines is 1. The van der Waals surface area contributed by atoms with Crippen LogP contribution in [0.25, 0.3) is 0 Å². The Morgan fingerprint density at radius 2 is 1.89 bits per heavy atom. The fourth-order valence-electron chi connectivity index (χ4n) is 1.84. The number of carbonyl (C=O) groups is 1. The number of nitrogen functional groups attached to an aromatic ring is 1. The van der Waals surface area contributed by atoms with Crippen molar-refractivity contribution < 1.29 is 9.90 Å². The van der Waals surface area contributed by atoms with Crippen molar-refractivity contribution in [3.63, 3.8) is 0 Å². The molecule has 4 nitrogen and oxygen atoms in total. The van der Waals surface area contributed by atoms with Gasteiger partial charge in [0.25, 0.3) is 5.91 Å². The lowest BCUT2D eigenvalue weighted by atomic mass is 10.1. The fourth-order valence-corrected chi connectivity index (χ4v) is 1.84. The van der Waals surface area contributed by atoms with Gasteiger partial charge in [0.05, 0.1) is 11.6 Å². The van der Waals surface area contributed by atoms with Crippen molar-refractivity contribution in [1.29, 1.82) is 0 Å². The average molecular weight is 256 g/mol. The molecule has 0 radical (unpaired) electrons. The molecular formula is C15H16N2O2. The van der Waals surface area contributed by atoms with E-state index in [0.29, 0.717) is 5.69 Å². The van der Waals surface area contributed by atoms with Crippen molar-refractivity contribution in [3.05, 3.63) is 59.7 Å². The summed E-state index contributed by atoms with van der Waals surface area (Å²) in [6.07, 6.45) is 0. The predicted molar refractivity (Wildman–Crippen MR) is 74.8 cm³/mol. The maximum absolute atomic E-state index is 12.1. The van der Waals surface area contributed by atoms with E-state index in [2.05, 4.69) is 5.32 Å². The fraction of sp³-hybridized carbons (Fsp3) is 0.133. The summed E-state index contributed by atoms with van der Waals surface area (Å²) in [6, 6.07) is 13.8. The van der Waals surface area contributed by atoms with Crippen molar-refractivity contribution in [2.75, 3.05) is 5.73 Å². The third kappa shape index (κ3) is 3.04. The molecule has 0 unspecified atom stereocenters. The number of aromatic hydroxyl groups is 1. The number of carbonyl (C=O) groups excluding carboxylic acids is 1. The zero-order valence-corrected chi connectivity index (χ0v) is 10.6. The summed E-state index contributed by atoms with van der Waals surface area (Å²) >= 11 is 0. The second-order valence-electron chi connectivity index (χ2n) is 4.38. The lowest BCUT2D eigenvalue weighted by Crippen LogP contribution is -2.27. The third-order valence-corrected chi connectivity index (χ3v) is 2.93. The van der Waals surface area contributed by atoms with Gasteiger partial charge in [-0.25, -0.2) is 0 Å². The molecule has 0 heterocycles. The molecule has 4 N–H and O–H groups in total. The van der Waals surface area contributed by atoms with Gasteiger partial charge in [0.15, 0.2) is 0 Å². The molecule has 0 aliphatic carbocycles. The summed E-state index contributed by atoms with van der Waals surface area (Å²) in [5, 5.41) is 12.3. The van der Waals surface area contributed by atoms with E-state index in [1.807, 2.05) is 37.3 Å². The monoisotopic (exact) mass is 256 g/mol. The van der Waals surface area contributed by atoms with E-state index < -0.39 is 0 Å². The Labute approximate surface area is 111 Å². The number of amides is 1. The third-order valence-electron chi connectivity index (χ3n) is 2.93. The summed E-state index contributed by atoms with van der Waals surface area (Å²) in [4.78, 5) is 12.1. The Bertz CT molecular complexity index is 582. The molecule has 2 aromatic carbocycles. The molecular weight excluding hydrogens is 240 g/mol. The number of nitrogens with two attached hydrogens (primary N) is 1. The maximum atomic E-state index is 12.1. The van der Waals surface area contributed by atoms with Crippen LogP contribution in [0.4, 0.5) is 5.69 Å². The largest absolute Gasteiger partial charge is 0.508 e. The van der Waals surface area contributed by atoms with Crippen LogP contribution < -0.4 is 11.1 Å². The molecule has 0 bridgehead atoms. The van der Waals surface area contributed by atoms with Gasteiger partial charge in [-0.1, -0.05) is 30.3 Å². The lowest BCUT2D eigenvalue weighted by molar-refractivity contribution is 0.0940. The van der Waals surface area contributed by atoms with E-state index >= 15 is 0 Å². The Kier molecular flexibility index (Phi) is 3.71. The SMILES string of the molecule is C[C@H](NC(=O)c1cc(O)ccc1N)c1ccccc1. The summed E-state index contributed by atoms with van der Waals surface area (Å²) < 4.78 is 0. The smallest absolute Gasteiger partial charge is 0.253 e. The van der Waals surface area contributed by atoms with Crippen LogP contribution >= 0.6 is 0 Å². The average Bonchev–Trinajstić information content (AvgIpc) is 2.42. The van der Waals surface area contributed by atoms with E-state index in [-0.39, 0.29) is 23.3 Å². The van der Waals surface area contributed by atoms with Crippen LogP contribution in [0.5, 0.6) is 5.75 Å². The number of nitrogens with one attached hydrogen (secondary N) is 1. The molecule has 0 saturated heterocycles. The van der Waals surface area contributed by atoms with Crippen molar-refractivity contribution in [1.82, 2.24) is 5.32 Å². The molecule has 0 spiro atoms. The molecule has 2 aromatic rings. The Morgan fingerprint density at radius 3 is 2.58 bits per heavy atom. The highest BCUT2D eigenvalue weighted by atomic mass is 16.3. The molecule has 4 heteroatoms. The normalized spacial score (nSPS) is 11.8. The minimum atomic E-state index is -0.301. The van der Waals surface area contributed by atoms with Crippen LogP contribution in [-0.4, -0.2) is 11.0 Å². The van der Waals surface area contributed by atoms with Crippen LogP contribution in [0.15, 0.2) is 48.5 Å². The molecule has 98 valence electrons. The van der Waals surface area contributed by atoms with Crippen LogP contribution in [0.3, 0.4) is 0 Å². The highest BCUT2D eigenvalue weighted by Crippen LogP contribution is 2.20. The van der Waals surface area contributed by atoms with Gasteiger partial charge in [-0.05, 0) is 30.7 Å². The molecule has 1 amide bonds. The van der Waals surface area contributed by atoms with Crippen molar-refractivity contribution in [2.24, 2.45) is 0 Å². The first kappa shape index (κ1) is 13.0. The molecule has 0 aromatic heterocycles. The number of phenolic OH excluding ortho intramolecular Hbond substituents is 1. The van der Waals surface area contributed by atoms with E-state index in [1.54, 1.807) is 0 Å². The van der Waals surface area contributed by atoms with Crippen LogP contribution in [-0.2, 0) is 0 Å². The zero-order valence-electron chi connectivity index (χ0n) is 10.6. The first-order valence-corrected chi connectivity index (χ1v) is 6.02. The molecule has 0 saturated carbocycles. The first-order valence-electron chi connectivity index (χ1n) is 6.02. The Morgan fingerprint density at radius 1 is 1.21 bits per heavy atom. The quantitative estimate of drug-likeness (QED) is 0.583. The Hall–Kier alpha value is -2.49. The van der Waals surface area contributed by atoms with Crippen LogP contribution in [0, 0.1) is 0 Å². The second kappa shape index (κ2) is 5.44. The minimum Gasteiger partial charge on any atom is -0.508 e. The number of rotatable bonds is 3. The number of benzene rings is 2. The number of hydrogen-bond acceptors (Lipinski definition) is 3. The first-order chi connectivity index (χ1) is 9.08. The van der Waals surface area contributed by atoms with E-state index in [9.17, 15) is 9.90 Å². The van der Waals surface area contributed by atoms with Gasteiger partial charge < -0.3 is 16.2 Å². The number of hydrogen-bond donors (Lipinski definition) is 3. The maximum Gasteiger partial charge on any atom is 0.253 e. The number of phenols is 1. The van der Waals surface area contributed by atoms with Gasteiger partial charge in [-0.15, -0.1) is 0 Å². The van der Waals surface area contributed by atoms with Gasteiger partial charge in [-0.3, -0.25) is 4.79 Å². The van der Waals surface area contributed by atoms with Gasteiger partial charge >= 0.3 is 0 Å². The summed E-state index contributed by atoms with van der Waals surface area (Å²) in [5.74, 6) is -0.281. The summed E-state index contributed by atoms with van der Waals surface area (Å²) in [6.45, 7) is 1.90. The Balaban J connectivity index is 2.15. The molecule has 2 rings (SSSR count). The lowest BCUT2D eigenvalue weighted by Gasteiger charge is -2.15. The van der Waals surface area contributed by atoms with Gasteiger partial charge in [0, 0.05) is 5.69 Å². The molecule has 0 aliphatic heterocycles. The zero-order chi connectivity index (χ0) is 13.8. The van der Waals surface area contributed by atoms with Crippen molar-refractivity contribution >= 4 is 11.6 Å². The molecule has 1 atom stereocenters. The van der Waals surface area contributed by atoms with E-state index in [4.69, 9.17) is 5.73 Å². The van der Waals surface area contributed by atoms with Crippen LogP contribution in [0.1, 0.15) is 28.9 Å².